The van der Waals surface area contributed by atoms with Gasteiger partial charge in [0.15, 0.2) is 0 Å². The van der Waals surface area contributed by atoms with Crippen molar-refractivity contribution in [2.45, 2.75) is 16.7 Å². The fraction of sp³-hybridized carbons (Fsp3) is 0.0769. The number of hydrogen-bond donors (Lipinski definition) is 2. The van der Waals surface area contributed by atoms with Crippen LogP contribution in [0.2, 0.25) is 5.02 Å². The summed E-state index contributed by atoms with van der Waals surface area (Å²) in [6, 6.07) is 9.61. The maximum absolute atomic E-state index is 12.3. The lowest BCUT2D eigenvalue weighted by Crippen LogP contribution is -2.15. The average molecular weight is 361 g/mol. The Bertz CT molecular complexity index is 908. The van der Waals surface area contributed by atoms with Crippen LogP contribution in [0.3, 0.4) is 0 Å². The highest BCUT2D eigenvalue weighted by atomic mass is 35.5. The molecule has 6 nitrogen and oxygen atoms in total. The predicted molar refractivity (Wildman–Crippen MR) is 84.8 cm³/mol. The second-order valence-electron chi connectivity index (χ2n) is 4.58. The second kappa shape index (κ2) is 5.88. The van der Waals surface area contributed by atoms with E-state index in [1.165, 1.54) is 30.3 Å². The number of nitrogens with one attached hydrogen (secondary N) is 1. The average Bonchev–Trinajstić information content (AvgIpc) is 2.40. The number of rotatable bonds is 4. The quantitative estimate of drug-likeness (QED) is 0.870. The van der Waals surface area contributed by atoms with Gasteiger partial charge >= 0.3 is 0 Å². The summed E-state index contributed by atoms with van der Waals surface area (Å²) < 4.78 is 49.4. The molecule has 0 heterocycles. The number of hydrogen-bond acceptors (Lipinski definition) is 4. The zero-order valence-corrected chi connectivity index (χ0v) is 13.8. The minimum Gasteiger partial charge on any atom is -0.280 e. The Hall–Kier alpha value is -1.61. The Morgan fingerprint density at radius 3 is 2.14 bits per heavy atom. The van der Waals surface area contributed by atoms with Gasteiger partial charge in [-0.25, -0.2) is 22.0 Å². The molecule has 0 radical (unpaired) electrons. The van der Waals surface area contributed by atoms with E-state index in [1.54, 1.807) is 19.1 Å². The van der Waals surface area contributed by atoms with E-state index < -0.39 is 20.0 Å². The molecule has 0 aliphatic rings. The van der Waals surface area contributed by atoms with Gasteiger partial charge in [0.25, 0.3) is 10.0 Å². The van der Waals surface area contributed by atoms with Gasteiger partial charge in [-0.1, -0.05) is 17.7 Å². The molecular formula is C13H13ClN2O4S2. The molecule has 3 N–H and O–H groups in total. The molecule has 22 heavy (non-hydrogen) atoms. The molecule has 0 saturated heterocycles. The number of benzene rings is 2. The van der Waals surface area contributed by atoms with Gasteiger partial charge < -0.3 is 0 Å². The molecule has 2 aromatic carbocycles. The summed E-state index contributed by atoms with van der Waals surface area (Å²) in [6.07, 6.45) is 0. The van der Waals surface area contributed by atoms with Crippen LogP contribution in [0.4, 0.5) is 5.69 Å². The largest absolute Gasteiger partial charge is 0.280 e. The third kappa shape index (κ3) is 3.77. The standard InChI is InChI=1S/C13H13ClN2O4S2/c1-9-2-3-10(14)8-13(9)22(19,20)16-11-4-6-12(7-5-11)21(15,17)18/h2-8,16H,1H3,(H2,15,17,18). The van der Waals surface area contributed by atoms with Crippen LogP contribution in [0.15, 0.2) is 52.3 Å². The van der Waals surface area contributed by atoms with Crippen LogP contribution >= 0.6 is 11.6 Å². The molecule has 2 aromatic rings. The zero-order valence-electron chi connectivity index (χ0n) is 11.4. The minimum atomic E-state index is -3.83. The number of anilines is 1. The van der Waals surface area contributed by atoms with E-state index in [9.17, 15) is 16.8 Å². The van der Waals surface area contributed by atoms with Gasteiger partial charge in [0, 0.05) is 10.7 Å². The summed E-state index contributed by atoms with van der Waals surface area (Å²) in [5, 5.41) is 5.28. The third-order valence-corrected chi connectivity index (χ3v) is 5.56. The Labute approximate surface area is 134 Å². The highest BCUT2D eigenvalue weighted by Gasteiger charge is 2.18. The molecule has 0 unspecified atom stereocenters. The van der Waals surface area contributed by atoms with E-state index in [1.807, 2.05) is 0 Å². The van der Waals surface area contributed by atoms with E-state index in [0.29, 0.717) is 10.6 Å². The van der Waals surface area contributed by atoms with Gasteiger partial charge in [-0.15, -0.1) is 0 Å². The number of aryl methyl sites for hydroxylation is 1. The molecule has 0 aromatic heterocycles. The molecule has 0 amide bonds. The van der Waals surface area contributed by atoms with E-state index in [4.69, 9.17) is 16.7 Å². The summed E-state index contributed by atoms with van der Waals surface area (Å²) >= 11 is 5.82. The van der Waals surface area contributed by atoms with Crippen molar-refractivity contribution in [3.8, 4) is 0 Å². The van der Waals surface area contributed by atoms with Crippen LogP contribution in [0, 0.1) is 6.92 Å². The topological polar surface area (TPSA) is 106 Å². The van der Waals surface area contributed by atoms with Gasteiger partial charge in [0.2, 0.25) is 10.0 Å². The van der Waals surface area contributed by atoms with E-state index in [0.717, 1.165) is 0 Å². The lowest BCUT2D eigenvalue weighted by molar-refractivity contribution is 0.597. The first kappa shape index (κ1) is 16.8. The first-order valence-electron chi connectivity index (χ1n) is 6.01. The summed E-state index contributed by atoms with van der Waals surface area (Å²) in [6.45, 7) is 1.65. The highest BCUT2D eigenvalue weighted by molar-refractivity contribution is 7.92. The Morgan fingerprint density at radius 2 is 1.59 bits per heavy atom. The van der Waals surface area contributed by atoms with E-state index >= 15 is 0 Å². The number of primary sulfonamides is 1. The van der Waals surface area contributed by atoms with Crippen molar-refractivity contribution in [2.75, 3.05) is 4.72 Å². The highest BCUT2D eigenvalue weighted by Crippen LogP contribution is 2.23. The van der Waals surface area contributed by atoms with Gasteiger partial charge in [0.1, 0.15) is 0 Å². The molecule has 9 heteroatoms. The van der Waals surface area contributed by atoms with Crippen molar-refractivity contribution in [2.24, 2.45) is 5.14 Å². The third-order valence-electron chi connectivity index (χ3n) is 2.87. The second-order valence-corrected chi connectivity index (χ2v) is 8.23. The molecule has 2 rings (SSSR count). The molecule has 118 valence electrons. The molecule has 0 atom stereocenters. The predicted octanol–water partition coefficient (Wildman–Crippen LogP) is 2.10. The maximum Gasteiger partial charge on any atom is 0.262 e. The van der Waals surface area contributed by atoms with Crippen molar-refractivity contribution in [3.05, 3.63) is 53.1 Å². The van der Waals surface area contributed by atoms with Gasteiger partial charge in [-0.2, -0.15) is 0 Å². The summed E-state index contributed by atoms with van der Waals surface area (Å²) in [5.74, 6) is 0. The van der Waals surface area contributed by atoms with Crippen molar-refractivity contribution in [3.63, 3.8) is 0 Å². The van der Waals surface area contributed by atoms with Crippen LogP contribution in [-0.4, -0.2) is 16.8 Å². The molecule has 0 saturated carbocycles. The van der Waals surface area contributed by atoms with E-state index in [-0.39, 0.29) is 15.5 Å². The Morgan fingerprint density at radius 1 is 1.00 bits per heavy atom. The van der Waals surface area contributed by atoms with Crippen LogP contribution in [0.25, 0.3) is 0 Å². The first-order valence-corrected chi connectivity index (χ1v) is 9.42. The Balaban J connectivity index is 2.35. The monoisotopic (exact) mass is 360 g/mol. The molecule has 0 aliphatic carbocycles. The summed E-state index contributed by atoms with van der Waals surface area (Å²) in [4.78, 5) is -0.0510. The molecule has 0 aliphatic heterocycles. The number of nitrogens with two attached hydrogens (primary N) is 1. The normalized spacial score (nSPS) is 12.1. The summed E-state index contributed by atoms with van der Waals surface area (Å²) in [7, 11) is -7.65. The van der Waals surface area contributed by atoms with Crippen LogP contribution < -0.4 is 9.86 Å². The van der Waals surface area contributed by atoms with Gasteiger partial charge in [0.05, 0.1) is 9.79 Å². The van der Waals surface area contributed by atoms with Crippen LogP contribution in [0.1, 0.15) is 5.56 Å². The van der Waals surface area contributed by atoms with Crippen LogP contribution in [-0.2, 0) is 20.0 Å². The zero-order chi connectivity index (χ0) is 16.5. The molecule has 0 fully saturated rings. The lowest BCUT2D eigenvalue weighted by atomic mass is 10.2. The Kier molecular flexibility index (Phi) is 4.48. The van der Waals surface area contributed by atoms with E-state index in [2.05, 4.69) is 4.72 Å². The van der Waals surface area contributed by atoms with Crippen molar-refractivity contribution < 1.29 is 16.8 Å². The minimum absolute atomic E-state index is 0.0514. The van der Waals surface area contributed by atoms with Crippen molar-refractivity contribution in [1.82, 2.24) is 0 Å². The fourth-order valence-electron chi connectivity index (χ4n) is 1.79. The molecule has 0 bridgehead atoms. The lowest BCUT2D eigenvalue weighted by Gasteiger charge is -2.11. The van der Waals surface area contributed by atoms with Crippen molar-refractivity contribution in [1.29, 1.82) is 0 Å². The fourth-order valence-corrected chi connectivity index (χ4v) is 3.87. The van der Waals surface area contributed by atoms with Crippen molar-refractivity contribution >= 4 is 37.3 Å². The summed E-state index contributed by atoms with van der Waals surface area (Å²) in [5.41, 5.74) is 0.754. The van der Waals surface area contributed by atoms with Gasteiger partial charge in [-0.3, -0.25) is 4.72 Å². The number of halogens is 1. The first-order chi connectivity index (χ1) is 10.1. The smallest absolute Gasteiger partial charge is 0.262 e. The molecular weight excluding hydrogens is 348 g/mol. The van der Waals surface area contributed by atoms with Gasteiger partial charge in [-0.05, 0) is 48.9 Å². The molecule has 0 spiro atoms. The SMILES string of the molecule is Cc1ccc(Cl)cc1S(=O)(=O)Nc1ccc(S(N)(=O)=O)cc1. The maximum atomic E-state index is 12.3. The van der Waals surface area contributed by atoms with Crippen LogP contribution in [0.5, 0.6) is 0 Å². The number of sulfonamides is 2.